The fourth-order valence-electron chi connectivity index (χ4n) is 3.06. The zero-order valence-corrected chi connectivity index (χ0v) is 12.7. The normalized spacial score (nSPS) is 21.2. The summed E-state index contributed by atoms with van der Waals surface area (Å²) in [6, 6.07) is 7.98. The molecule has 3 heteroatoms. The van der Waals surface area contributed by atoms with Gasteiger partial charge in [-0.3, -0.25) is 0 Å². The SMILES string of the molecule is CCCNC(CCN1CCCC1C)c1ccccc1F. The topological polar surface area (TPSA) is 15.3 Å². The van der Waals surface area contributed by atoms with Crippen LogP contribution in [0.1, 0.15) is 51.1 Å². The van der Waals surface area contributed by atoms with E-state index in [9.17, 15) is 4.39 Å². The van der Waals surface area contributed by atoms with Gasteiger partial charge in [0.15, 0.2) is 0 Å². The first-order valence-electron chi connectivity index (χ1n) is 7.94. The van der Waals surface area contributed by atoms with Crippen molar-refractivity contribution in [1.82, 2.24) is 10.2 Å². The Morgan fingerprint density at radius 3 is 2.85 bits per heavy atom. The van der Waals surface area contributed by atoms with Crippen molar-refractivity contribution in [3.05, 3.63) is 35.6 Å². The lowest BCUT2D eigenvalue weighted by molar-refractivity contribution is 0.250. The highest BCUT2D eigenvalue weighted by Crippen LogP contribution is 2.23. The number of likely N-dealkylation sites (tertiary alicyclic amines) is 1. The van der Waals surface area contributed by atoms with Gasteiger partial charge < -0.3 is 10.2 Å². The van der Waals surface area contributed by atoms with E-state index in [4.69, 9.17) is 0 Å². The van der Waals surface area contributed by atoms with Gasteiger partial charge in [0.25, 0.3) is 0 Å². The maximum absolute atomic E-state index is 14.0. The third kappa shape index (κ3) is 4.03. The highest BCUT2D eigenvalue weighted by molar-refractivity contribution is 5.21. The molecule has 2 nitrogen and oxygen atoms in total. The quantitative estimate of drug-likeness (QED) is 0.817. The highest BCUT2D eigenvalue weighted by Gasteiger charge is 2.22. The molecule has 0 amide bonds. The minimum atomic E-state index is -0.0874. The van der Waals surface area contributed by atoms with E-state index in [0.717, 1.165) is 31.5 Å². The van der Waals surface area contributed by atoms with Gasteiger partial charge in [0.05, 0.1) is 0 Å². The van der Waals surface area contributed by atoms with Crippen molar-refractivity contribution < 1.29 is 4.39 Å². The first-order chi connectivity index (χ1) is 9.72. The fourth-order valence-corrected chi connectivity index (χ4v) is 3.06. The highest BCUT2D eigenvalue weighted by atomic mass is 19.1. The molecule has 1 aliphatic rings. The first kappa shape index (κ1) is 15.5. The van der Waals surface area contributed by atoms with Gasteiger partial charge in [-0.05, 0) is 51.8 Å². The van der Waals surface area contributed by atoms with Crippen LogP contribution in [-0.4, -0.2) is 30.6 Å². The lowest BCUT2D eigenvalue weighted by Crippen LogP contribution is -2.32. The summed E-state index contributed by atoms with van der Waals surface area (Å²) in [5.74, 6) is -0.0874. The first-order valence-corrected chi connectivity index (χ1v) is 7.94. The van der Waals surface area contributed by atoms with Crippen molar-refractivity contribution in [3.63, 3.8) is 0 Å². The molecule has 112 valence electrons. The molecule has 1 fully saturated rings. The van der Waals surface area contributed by atoms with Crippen LogP contribution in [0.15, 0.2) is 24.3 Å². The number of benzene rings is 1. The Kier molecular flexibility index (Phi) is 5.99. The lowest BCUT2D eigenvalue weighted by Gasteiger charge is -2.25. The standard InChI is InChI=1S/C17H27FN2/c1-3-11-19-17(15-8-4-5-9-16(15)18)10-13-20-12-6-7-14(20)2/h4-5,8-9,14,17,19H,3,6-7,10-13H2,1-2H3. The number of hydrogen-bond acceptors (Lipinski definition) is 2. The van der Waals surface area contributed by atoms with E-state index in [0.29, 0.717) is 6.04 Å². The van der Waals surface area contributed by atoms with Crippen molar-refractivity contribution in [1.29, 1.82) is 0 Å². The van der Waals surface area contributed by atoms with Gasteiger partial charge in [-0.25, -0.2) is 4.39 Å². The Morgan fingerprint density at radius 1 is 1.40 bits per heavy atom. The van der Waals surface area contributed by atoms with E-state index in [2.05, 4.69) is 24.1 Å². The Hall–Kier alpha value is -0.930. The van der Waals surface area contributed by atoms with Gasteiger partial charge in [0, 0.05) is 24.2 Å². The summed E-state index contributed by atoms with van der Waals surface area (Å²) in [6.07, 6.45) is 4.65. The van der Waals surface area contributed by atoms with E-state index in [1.165, 1.54) is 19.4 Å². The van der Waals surface area contributed by atoms with Gasteiger partial charge in [-0.1, -0.05) is 25.1 Å². The van der Waals surface area contributed by atoms with E-state index >= 15 is 0 Å². The number of halogens is 1. The van der Waals surface area contributed by atoms with E-state index in [-0.39, 0.29) is 11.9 Å². The largest absolute Gasteiger partial charge is 0.310 e. The molecule has 0 radical (unpaired) electrons. The summed E-state index contributed by atoms with van der Waals surface area (Å²) in [6.45, 7) is 7.63. The molecule has 2 unspecified atom stereocenters. The van der Waals surface area contributed by atoms with E-state index < -0.39 is 0 Å². The summed E-state index contributed by atoms with van der Waals surface area (Å²) in [4.78, 5) is 2.53. The van der Waals surface area contributed by atoms with Gasteiger partial charge in [-0.15, -0.1) is 0 Å². The Labute approximate surface area is 122 Å². The molecule has 1 heterocycles. The fraction of sp³-hybridized carbons (Fsp3) is 0.647. The molecule has 2 atom stereocenters. The molecule has 0 aliphatic carbocycles. The number of nitrogens with zero attached hydrogens (tertiary/aromatic N) is 1. The molecule has 2 rings (SSSR count). The van der Waals surface area contributed by atoms with Gasteiger partial charge >= 0.3 is 0 Å². The van der Waals surface area contributed by atoms with Crippen molar-refractivity contribution in [2.45, 2.75) is 51.6 Å². The van der Waals surface area contributed by atoms with Gasteiger partial charge in [0.1, 0.15) is 5.82 Å². The minimum Gasteiger partial charge on any atom is -0.310 e. The molecule has 0 saturated carbocycles. The maximum atomic E-state index is 14.0. The van der Waals surface area contributed by atoms with Crippen molar-refractivity contribution in [2.24, 2.45) is 0 Å². The van der Waals surface area contributed by atoms with Gasteiger partial charge in [0.2, 0.25) is 0 Å². The second-order valence-corrected chi connectivity index (χ2v) is 5.84. The monoisotopic (exact) mass is 278 g/mol. The average Bonchev–Trinajstić information content (AvgIpc) is 2.86. The predicted molar refractivity (Wildman–Crippen MR) is 82.3 cm³/mol. The van der Waals surface area contributed by atoms with Crippen molar-refractivity contribution in [3.8, 4) is 0 Å². The van der Waals surface area contributed by atoms with Crippen molar-refractivity contribution >= 4 is 0 Å². The Bertz CT molecular complexity index is 408. The molecule has 1 N–H and O–H groups in total. The van der Waals surface area contributed by atoms with Crippen LogP contribution in [0.25, 0.3) is 0 Å². The molecule has 1 aromatic carbocycles. The molecule has 1 aliphatic heterocycles. The smallest absolute Gasteiger partial charge is 0.127 e. The molecule has 1 saturated heterocycles. The van der Waals surface area contributed by atoms with Crippen molar-refractivity contribution in [2.75, 3.05) is 19.6 Å². The third-order valence-electron chi connectivity index (χ3n) is 4.32. The van der Waals surface area contributed by atoms with Crippen LogP contribution in [0.4, 0.5) is 4.39 Å². The molecule has 20 heavy (non-hydrogen) atoms. The molecule has 0 spiro atoms. The van der Waals surface area contributed by atoms with E-state index in [1.807, 2.05) is 12.1 Å². The molecule has 1 aromatic rings. The molecule has 0 bridgehead atoms. The third-order valence-corrected chi connectivity index (χ3v) is 4.32. The lowest BCUT2D eigenvalue weighted by atomic mass is 10.0. The summed E-state index contributed by atoms with van der Waals surface area (Å²) in [7, 11) is 0. The summed E-state index contributed by atoms with van der Waals surface area (Å²) < 4.78 is 14.0. The average molecular weight is 278 g/mol. The zero-order chi connectivity index (χ0) is 14.4. The zero-order valence-electron chi connectivity index (χ0n) is 12.7. The van der Waals surface area contributed by atoms with Crippen LogP contribution in [0, 0.1) is 5.82 Å². The maximum Gasteiger partial charge on any atom is 0.127 e. The molecular formula is C17H27FN2. The van der Waals surface area contributed by atoms with Crippen LogP contribution in [0.5, 0.6) is 0 Å². The summed E-state index contributed by atoms with van der Waals surface area (Å²) in [5.41, 5.74) is 0.813. The Morgan fingerprint density at radius 2 is 2.20 bits per heavy atom. The number of hydrogen-bond donors (Lipinski definition) is 1. The molecular weight excluding hydrogens is 251 g/mol. The second-order valence-electron chi connectivity index (χ2n) is 5.84. The second kappa shape index (κ2) is 7.75. The van der Waals surface area contributed by atoms with E-state index in [1.54, 1.807) is 12.1 Å². The van der Waals surface area contributed by atoms with Crippen LogP contribution in [-0.2, 0) is 0 Å². The summed E-state index contributed by atoms with van der Waals surface area (Å²) in [5, 5.41) is 3.50. The van der Waals surface area contributed by atoms with Gasteiger partial charge in [-0.2, -0.15) is 0 Å². The number of nitrogens with one attached hydrogen (secondary N) is 1. The number of rotatable bonds is 7. The summed E-state index contributed by atoms with van der Waals surface area (Å²) >= 11 is 0. The predicted octanol–water partition coefficient (Wildman–Crippen LogP) is 3.74. The van der Waals surface area contributed by atoms with Crippen LogP contribution >= 0.6 is 0 Å². The Balaban J connectivity index is 1.98. The van der Waals surface area contributed by atoms with Crippen LogP contribution in [0.3, 0.4) is 0 Å². The van der Waals surface area contributed by atoms with Crippen LogP contribution in [0.2, 0.25) is 0 Å². The van der Waals surface area contributed by atoms with Crippen LogP contribution < -0.4 is 5.32 Å². The minimum absolute atomic E-state index is 0.0874. The molecule has 0 aromatic heterocycles.